The fourth-order valence-electron chi connectivity index (χ4n) is 2.44. The zero-order chi connectivity index (χ0) is 13.8. The number of nitrogens with zero attached hydrogens (tertiary/aromatic N) is 2. The van der Waals surface area contributed by atoms with Crippen molar-refractivity contribution >= 4 is 11.6 Å². The zero-order valence-electron chi connectivity index (χ0n) is 11.7. The Morgan fingerprint density at radius 2 is 1.95 bits per heavy atom. The number of rotatable bonds is 3. The minimum Gasteiger partial charge on any atom is -0.366 e. The molecular formula is C15H21FN2O. The van der Waals surface area contributed by atoms with E-state index in [2.05, 4.69) is 0 Å². The molecule has 0 bridgehead atoms. The van der Waals surface area contributed by atoms with Crippen LogP contribution in [0.4, 0.5) is 10.1 Å². The quantitative estimate of drug-likeness (QED) is 0.837. The molecule has 1 amide bonds. The summed E-state index contributed by atoms with van der Waals surface area (Å²) in [5, 5.41) is 0. The highest BCUT2D eigenvalue weighted by Crippen LogP contribution is 2.21. The van der Waals surface area contributed by atoms with Gasteiger partial charge >= 0.3 is 0 Å². The number of halogens is 1. The Kier molecular flexibility index (Phi) is 4.40. The van der Waals surface area contributed by atoms with Gasteiger partial charge in [0.25, 0.3) is 0 Å². The molecule has 0 aliphatic carbocycles. The molecule has 1 aromatic carbocycles. The third-order valence-corrected chi connectivity index (χ3v) is 3.54. The molecule has 104 valence electrons. The number of anilines is 1. The van der Waals surface area contributed by atoms with E-state index in [0.29, 0.717) is 38.3 Å². The highest BCUT2D eigenvalue weighted by Gasteiger charge is 2.22. The lowest BCUT2D eigenvalue weighted by molar-refractivity contribution is -0.131. The molecule has 3 nitrogen and oxygen atoms in total. The average Bonchev–Trinajstić information content (AvgIpc) is 2.39. The van der Waals surface area contributed by atoms with E-state index in [1.54, 1.807) is 6.07 Å². The number of hydrogen-bond donors (Lipinski definition) is 0. The van der Waals surface area contributed by atoms with Gasteiger partial charge in [-0.15, -0.1) is 0 Å². The van der Waals surface area contributed by atoms with Crippen LogP contribution >= 0.6 is 0 Å². The largest absolute Gasteiger partial charge is 0.366 e. The second-order valence-electron chi connectivity index (χ2n) is 5.07. The summed E-state index contributed by atoms with van der Waals surface area (Å²) < 4.78 is 13.9. The molecule has 1 heterocycles. The van der Waals surface area contributed by atoms with Crippen LogP contribution < -0.4 is 4.90 Å². The van der Waals surface area contributed by atoms with E-state index < -0.39 is 0 Å². The van der Waals surface area contributed by atoms with Gasteiger partial charge in [-0.25, -0.2) is 4.39 Å². The molecule has 0 saturated carbocycles. The average molecular weight is 264 g/mol. The Labute approximate surface area is 114 Å². The van der Waals surface area contributed by atoms with E-state index in [1.807, 2.05) is 35.8 Å². The molecule has 1 aliphatic heterocycles. The monoisotopic (exact) mass is 264 g/mol. The Morgan fingerprint density at radius 1 is 1.26 bits per heavy atom. The molecule has 0 unspecified atom stereocenters. The van der Waals surface area contributed by atoms with Crippen molar-refractivity contribution in [3.63, 3.8) is 0 Å². The van der Waals surface area contributed by atoms with Crippen LogP contribution in [0.3, 0.4) is 0 Å². The Balaban J connectivity index is 1.98. The first kappa shape index (κ1) is 13.8. The summed E-state index contributed by atoms with van der Waals surface area (Å²) in [7, 11) is 0. The zero-order valence-corrected chi connectivity index (χ0v) is 11.7. The van der Waals surface area contributed by atoms with E-state index in [1.165, 1.54) is 0 Å². The lowest BCUT2D eigenvalue weighted by atomic mass is 10.2. The van der Waals surface area contributed by atoms with E-state index in [4.69, 9.17) is 0 Å². The van der Waals surface area contributed by atoms with E-state index in [9.17, 15) is 9.18 Å². The number of carbonyl (C=O) groups excluding carboxylic acids is 1. The maximum absolute atomic E-state index is 13.9. The van der Waals surface area contributed by atoms with Crippen LogP contribution in [0.2, 0.25) is 0 Å². The van der Waals surface area contributed by atoms with Crippen LogP contribution in [-0.4, -0.2) is 37.0 Å². The number of benzene rings is 1. The van der Waals surface area contributed by atoms with Crippen molar-refractivity contribution in [3.05, 3.63) is 29.6 Å². The highest BCUT2D eigenvalue weighted by molar-refractivity contribution is 5.76. The first-order valence-corrected chi connectivity index (χ1v) is 6.90. The summed E-state index contributed by atoms with van der Waals surface area (Å²) in [4.78, 5) is 15.7. The van der Waals surface area contributed by atoms with Crippen molar-refractivity contribution in [2.75, 3.05) is 31.1 Å². The van der Waals surface area contributed by atoms with Crippen LogP contribution in [-0.2, 0) is 4.79 Å². The van der Waals surface area contributed by atoms with Crippen molar-refractivity contribution in [1.29, 1.82) is 0 Å². The van der Waals surface area contributed by atoms with Gasteiger partial charge in [-0.2, -0.15) is 0 Å². The lowest BCUT2D eigenvalue weighted by Crippen LogP contribution is -2.49. The van der Waals surface area contributed by atoms with Gasteiger partial charge in [0.05, 0.1) is 5.69 Å². The van der Waals surface area contributed by atoms with Crippen LogP contribution in [0, 0.1) is 12.7 Å². The predicted molar refractivity (Wildman–Crippen MR) is 74.8 cm³/mol. The molecule has 0 aromatic heterocycles. The van der Waals surface area contributed by atoms with Crippen molar-refractivity contribution < 1.29 is 9.18 Å². The minimum absolute atomic E-state index is 0.173. The fraction of sp³-hybridized carbons (Fsp3) is 0.533. The summed E-state index contributed by atoms with van der Waals surface area (Å²) in [6.45, 7) is 6.67. The topological polar surface area (TPSA) is 23.6 Å². The van der Waals surface area contributed by atoms with E-state index in [-0.39, 0.29) is 11.7 Å². The molecule has 0 spiro atoms. The number of aryl methyl sites for hydroxylation is 1. The molecule has 0 atom stereocenters. The number of hydrogen-bond acceptors (Lipinski definition) is 2. The molecule has 1 fully saturated rings. The molecular weight excluding hydrogens is 243 g/mol. The van der Waals surface area contributed by atoms with Crippen LogP contribution in [0.1, 0.15) is 25.3 Å². The highest BCUT2D eigenvalue weighted by atomic mass is 19.1. The normalized spacial score (nSPS) is 15.7. The number of piperazine rings is 1. The Hall–Kier alpha value is -1.58. The van der Waals surface area contributed by atoms with Gasteiger partial charge in [-0.1, -0.05) is 13.0 Å². The third-order valence-electron chi connectivity index (χ3n) is 3.54. The third kappa shape index (κ3) is 3.25. The molecule has 19 heavy (non-hydrogen) atoms. The van der Waals surface area contributed by atoms with Gasteiger partial charge in [0, 0.05) is 32.6 Å². The van der Waals surface area contributed by atoms with Gasteiger partial charge < -0.3 is 9.80 Å². The summed E-state index contributed by atoms with van der Waals surface area (Å²) in [5.74, 6) is 0.0415. The second-order valence-corrected chi connectivity index (χ2v) is 5.07. The second kappa shape index (κ2) is 6.04. The summed E-state index contributed by atoms with van der Waals surface area (Å²) >= 11 is 0. The van der Waals surface area contributed by atoms with Crippen LogP contribution in [0.5, 0.6) is 0 Å². The summed E-state index contributed by atoms with van der Waals surface area (Å²) in [5.41, 5.74) is 1.58. The molecule has 0 radical (unpaired) electrons. The predicted octanol–water partition coefficient (Wildman–Crippen LogP) is 2.58. The molecule has 0 N–H and O–H groups in total. The smallest absolute Gasteiger partial charge is 0.222 e. The molecule has 2 rings (SSSR count). The van der Waals surface area contributed by atoms with Crippen LogP contribution in [0.15, 0.2) is 18.2 Å². The maximum Gasteiger partial charge on any atom is 0.222 e. The first-order valence-electron chi connectivity index (χ1n) is 6.90. The molecule has 4 heteroatoms. The SMILES string of the molecule is CCCC(=O)N1CCN(c2ccc(C)cc2F)CC1. The van der Waals surface area contributed by atoms with Crippen molar-refractivity contribution in [2.45, 2.75) is 26.7 Å². The van der Waals surface area contributed by atoms with Crippen molar-refractivity contribution in [1.82, 2.24) is 4.90 Å². The standard InChI is InChI=1S/C15H21FN2O/c1-3-4-15(19)18-9-7-17(8-10-18)14-6-5-12(2)11-13(14)16/h5-6,11H,3-4,7-10H2,1-2H3. The van der Waals surface area contributed by atoms with Gasteiger partial charge in [0.2, 0.25) is 5.91 Å². The minimum atomic E-state index is -0.173. The van der Waals surface area contributed by atoms with Gasteiger partial charge in [-0.3, -0.25) is 4.79 Å². The molecule has 1 aliphatic rings. The van der Waals surface area contributed by atoms with E-state index >= 15 is 0 Å². The lowest BCUT2D eigenvalue weighted by Gasteiger charge is -2.36. The van der Waals surface area contributed by atoms with Gasteiger partial charge in [0.15, 0.2) is 0 Å². The van der Waals surface area contributed by atoms with Gasteiger partial charge in [0.1, 0.15) is 5.82 Å². The number of carbonyl (C=O) groups is 1. The summed E-state index contributed by atoms with van der Waals surface area (Å²) in [6, 6.07) is 5.31. The fourth-order valence-corrected chi connectivity index (χ4v) is 2.44. The van der Waals surface area contributed by atoms with Crippen LogP contribution in [0.25, 0.3) is 0 Å². The van der Waals surface area contributed by atoms with E-state index in [0.717, 1.165) is 12.0 Å². The number of amides is 1. The van der Waals surface area contributed by atoms with Gasteiger partial charge in [-0.05, 0) is 31.0 Å². The van der Waals surface area contributed by atoms with Crippen molar-refractivity contribution in [2.24, 2.45) is 0 Å². The maximum atomic E-state index is 13.9. The molecule has 1 aromatic rings. The summed E-state index contributed by atoms with van der Waals surface area (Å²) in [6.07, 6.45) is 1.49. The first-order chi connectivity index (χ1) is 9.11. The van der Waals surface area contributed by atoms with Crippen molar-refractivity contribution in [3.8, 4) is 0 Å². The Bertz CT molecular complexity index is 453. The molecule has 1 saturated heterocycles. The Morgan fingerprint density at radius 3 is 2.53 bits per heavy atom.